The second-order valence-electron chi connectivity index (χ2n) is 6.60. The molecule has 2 atom stereocenters. The molecule has 8 nitrogen and oxygen atoms in total. The fourth-order valence-electron chi connectivity index (χ4n) is 3.38. The number of esters is 1. The number of urea groups is 1. The minimum Gasteiger partial charge on any atom is -0.465 e. The first-order valence-corrected chi connectivity index (χ1v) is 9.32. The maximum Gasteiger partial charge on any atom is 0.341 e. The minimum atomic E-state index is -0.849. The largest absolute Gasteiger partial charge is 0.465 e. The molecule has 2 aromatic rings. The summed E-state index contributed by atoms with van der Waals surface area (Å²) in [5, 5.41) is 13.8. The predicted octanol–water partition coefficient (Wildman–Crippen LogP) is 3.61. The summed E-state index contributed by atoms with van der Waals surface area (Å²) >= 11 is 0. The Kier molecular flexibility index (Phi) is 6.33. The standard InChI is InChI=1S/C21H21N3O5/c1-2-29-20(25)18-17(12-11-14-7-4-3-5-8-14)22-21(26)23-19(18)15-9-6-10-16(13-15)24(27)28/h3-10,13,18-19H,2,11-12H2,1H3,(H,23,26). The number of aliphatic imine (C=N–C) groups is 1. The van der Waals surface area contributed by atoms with E-state index in [-0.39, 0.29) is 12.3 Å². The summed E-state index contributed by atoms with van der Waals surface area (Å²) in [6.07, 6.45) is 0.997. The van der Waals surface area contributed by atoms with E-state index < -0.39 is 28.9 Å². The van der Waals surface area contributed by atoms with Crippen LogP contribution in [0, 0.1) is 16.0 Å². The lowest BCUT2D eigenvalue weighted by molar-refractivity contribution is -0.384. The van der Waals surface area contributed by atoms with Crippen molar-refractivity contribution in [2.75, 3.05) is 6.61 Å². The predicted molar refractivity (Wildman–Crippen MR) is 107 cm³/mol. The highest BCUT2D eigenvalue weighted by Crippen LogP contribution is 2.31. The Hall–Kier alpha value is -3.55. The third-order valence-corrected chi connectivity index (χ3v) is 4.71. The second-order valence-corrected chi connectivity index (χ2v) is 6.60. The number of nitro benzene ring substituents is 1. The van der Waals surface area contributed by atoms with E-state index in [0.29, 0.717) is 24.1 Å². The van der Waals surface area contributed by atoms with Crippen LogP contribution in [0.25, 0.3) is 0 Å². The number of nitrogens with zero attached hydrogens (tertiary/aromatic N) is 2. The Labute approximate surface area is 167 Å². The van der Waals surface area contributed by atoms with Crippen LogP contribution in [-0.2, 0) is 16.0 Å². The van der Waals surface area contributed by atoms with E-state index in [1.165, 1.54) is 18.2 Å². The molecule has 0 fully saturated rings. The zero-order valence-corrected chi connectivity index (χ0v) is 15.9. The van der Waals surface area contributed by atoms with Crippen molar-refractivity contribution in [3.05, 3.63) is 75.8 Å². The molecule has 8 heteroatoms. The van der Waals surface area contributed by atoms with Crippen molar-refractivity contribution in [2.24, 2.45) is 10.9 Å². The lowest BCUT2D eigenvalue weighted by Gasteiger charge is -2.31. The van der Waals surface area contributed by atoms with Gasteiger partial charge in [-0.05, 0) is 30.9 Å². The van der Waals surface area contributed by atoms with Gasteiger partial charge < -0.3 is 10.1 Å². The summed E-state index contributed by atoms with van der Waals surface area (Å²) in [4.78, 5) is 39.6. The zero-order chi connectivity index (χ0) is 20.8. The quantitative estimate of drug-likeness (QED) is 0.437. The molecule has 0 aromatic heterocycles. The summed E-state index contributed by atoms with van der Waals surface area (Å²) in [5.41, 5.74) is 1.80. The Bertz CT molecular complexity index is 942. The number of nitro groups is 1. The molecule has 1 N–H and O–H groups in total. The van der Waals surface area contributed by atoms with Crippen LogP contribution in [0.5, 0.6) is 0 Å². The Morgan fingerprint density at radius 3 is 2.62 bits per heavy atom. The number of benzene rings is 2. The first-order valence-electron chi connectivity index (χ1n) is 9.32. The SMILES string of the molecule is CCOC(=O)C1C(CCc2ccccc2)=NC(=O)NC1c1cccc([N+](=O)[O-])c1. The molecule has 1 aliphatic rings. The van der Waals surface area contributed by atoms with E-state index in [0.717, 1.165) is 5.56 Å². The van der Waals surface area contributed by atoms with Crippen LogP contribution in [0.4, 0.5) is 10.5 Å². The molecule has 2 unspecified atom stereocenters. The second kappa shape index (κ2) is 9.09. The van der Waals surface area contributed by atoms with E-state index in [1.807, 2.05) is 30.3 Å². The molecule has 1 heterocycles. The van der Waals surface area contributed by atoms with Gasteiger partial charge in [-0.3, -0.25) is 14.9 Å². The molecule has 0 bridgehead atoms. The van der Waals surface area contributed by atoms with Crippen LogP contribution >= 0.6 is 0 Å². The number of ether oxygens (including phenoxy) is 1. The van der Waals surface area contributed by atoms with Gasteiger partial charge in [0.2, 0.25) is 0 Å². The highest BCUT2D eigenvalue weighted by molar-refractivity contribution is 6.09. The third-order valence-electron chi connectivity index (χ3n) is 4.71. The molecule has 0 saturated heterocycles. The molecule has 150 valence electrons. The van der Waals surface area contributed by atoms with E-state index in [4.69, 9.17) is 4.74 Å². The van der Waals surface area contributed by atoms with Crippen LogP contribution in [0.1, 0.15) is 30.5 Å². The molecular weight excluding hydrogens is 374 g/mol. The number of carbonyl (C=O) groups is 2. The van der Waals surface area contributed by atoms with Gasteiger partial charge in [-0.25, -0.2) is 9.79 Å². The number of non-ortho nitro benzene ring substituents is 1. The molecular formula is C21H21N3O5. The van der Waals surface area contributed by atoms with Crippen LogP contribution in [0.3, 0.4) is 0 Å². The van der Waals surface area contributed by atoms with Gasteiger partial charge in [0.15, 0.2) is 0 Å². The molecule has 29 heavy (non-hydrogen) atoms. The first-order chi connectivity index (χ1) is 14.0. The number of hydrogen-bond donors (Lipinski definition) is 1. The summed E-state index contributed by atoms with van der Waals surface area (Å²) in [7, 11) is 0. The van der Waals surface area contributed by atoms with Crippen molar-refractivity contribution in [3.8, 4) is 0 Å². The molecule has 2 amide bonds. The lowest BCUT2D eigenvalue weighted by atomic mass is 9.85. The van der Waals surface area contributed by atoms with Gasteiger partial charge in [0.25, 0.3) is 5.69 Å². The Morgan fingerprint density at radius 2 is 1.93 bits per heavy atom. The average Bonchev–Trinajstić information content (AvgIpc) is 2.72. The van der Waals surface area contributed by atoms with Crippen molar-refractivity contribution in [1.82, 2.24) is 5.32 Å². The summed E-state index contributed by atoms with van der Waals surface area (Å²) in [6, 6.07) is 14.2. The fraction of sp³-hybridized carbons (Fsp3) is 0.286. The summed E-state index contributed by atoms with van der Waals surface area (Å²) in [6.45, 7) is 1.87. The molecule has 0 saturated carbocycles. The molecule has 0 radical (unpaired) electrons. The van der Waals surface area contributed by atoms with Gasteiger partial charge >= 0.3 is 12.0 Å². The molecule has 0 spiro atoms. The van der Waals surface area contributed by atoms with E-state index in [9.17, 15) is 19.7 Å². The van der Waals surface area contributed by atoms with Crippen LogP contribution in [-0.4, -0.2) is 29.2 Å². The third kappa shape index (κ3) is 4.84. The van der Waals surface area contributed by atoms with Crippen LogP contribution in [0.2, 0.25) is 0 Å². The number of amides is 2. The van der Waals surface area contributed by atoms with Crippen molar-refractivity contribution in [2.45, 2.75) is 25.8 Å². The van der Waals surface area contributed by atoms with Gasteiger partial charge in [-0.15, -0.1) is 0 Å². The van der Waals surface area contributed by atoms with Gasteiger partial charge in [-0.2, -0.15) is 0 Å². The highest BCUT2D eigenvalue weighted by Gasteiger charge is 2.39. The summed E-state index contributed by atoms with van der Waals surface area (Å²) in [5.74, 6) is -1.37. The van der Waals surface area contributed by atoms with Crippen LogP contribution < -0.4 is 5.32 Å². The van der Waals surface area contributed by atoms with Crippen molar-refractivity contribution in [3.63, 3.8) is 0 Å². The van der Waals surface area contributed by atoms with Gasteiger partial charge in [0.1, 0.15) is 5.92 Å². The van der Waals surface area contributed by atoms with Gasteiger partial charge in [0.05, 0.1) is 17.6 Å². The van der Waals surface area contributed by atoms with Crippen LogP contribution in [0.15, 0.2) is 59.6 Å². The zero-order valence-electron chi connectivity index (χ0n) is 15.9. The summed E-state index contributed by atoms with van der Waals surface area (Å²) < 4.78 is 5.22. The van der Waals surface area contributed by atoms with Gasteiger partial charge in [-0.1, -0.05) is 42.5 Å². The van der Waals surface area contributed by atoms with Gasteiger partial charge in [0, 0.05) is 17.8 Å². The number of nitrogens with one attached hydrogen (secondary N) is 1. The van der Waals surface area contributed by atoms with Crippen molar-refractivity contribution >= 4 is 23.4 Å². The average molecular weight is 395 g/mol. The molecule has 0 aliphatic carbocycles. The lowest BCUT2D eigenvalue weighted by Crippen LogP contribution is -2.45. The highest BCUT2D eigenvalue weighted by atomic mass is 16.6. The number of aryl methyl sites for hydroxylation is 1. The topological polar surface area (TPSA) is 111 Å². The maximum atomic E-state index is 12.7. The maximum absolute atomic E-state index is 12.7. The Morgan fingerprint density at radius 1 is 1.17 bits per heavy atom. The fourth-order valence-corrected chi connectivity index (χ4v) is 3.38. The van der Waals surface area contributed by atoms with E-state index in [1.54, 1.807) is 13.0 Å². The number of hydrogen-bond acceptors (Lipinski definition) is 5. The molecule has 2 aromatic carbocycles. The van der Waals surface area contributed by atoms with Crippen molar-refractivity contribution < 1.29 is 19.2 Å². The molecule has 1 aliphatic heterocycles. The number of carbonyl (C=O) groups excluding carboxylic acids is 2. The minimum absolute atomic E-state index is 0.118. The van der Waals surface area contributed by atoms with E-state index in [2.05, 4.69) is 10.3 Å². The molecule has 3 rings (SSSR count). The first kappa shape index (κ1) is 20.2. The van der Waals surface area contributed by atoms with E-state index >= 15 is 0 Å². The smallest absolute Gasteiger partial charge is 0.341 e. The monoisotopic (exact) mass is 395 g/mol. The number of rotatable bonds is 7. The Balaban J connectivity index is 1.94. The van der Waals surface area contributed by atoms with Crippen molar-refractivity contribution in [1.29, 1.82) is 0 Å². The normalized spacial score (nSPS) is 18.5.